The topological polar surface area (TPSA) is 70.1 Å². The first-order valence-corrected chi connectivity index (χ1v) is 5.48. The monoisotopic (exact) mass is 223 g/mol. The van der Waals surface area contributed by atoms with Crippen LogP contribution >= 0.6 is 0 Å². The first-order chi connectivity index (χ1) is 7.62. The maximum absolute atomic E-state index is 11.9. The minimum atomic E-state index is -0.759. The summed E-state index contributed by atoms with van der Waals surface area (Å²) in [7, 11) is 1.92. The Morgan fingerprint density at radius 2 is 2.56 bits per heavy atom. The third-order valence-electron chi connectivity index (χ3n) is 3.10. The van der Waals surface area contributed by atoms with Crippen LogP contribution in [0.1, 0.15) is 18.7 Å². The van der Waals surface area contributed by atoms with E-state index in [9.17, 15) is 4.79 Å². The smallest absolute Gasteiger partial charge is 0.155 e. The lowest BCUT2D eigenvalue weighted by Gasteiger charge is -2.19. The van der Waals surface area contributed by atoms with Gasteiger partial charge in [0.25, 0.3) is 0 Å². The van der Waals surface area contributed by atoms with Gasteiger partial charge in [-0.25, -0.2) is 4.98 Å². The van der Waals surface area contributed by atoms with Crippen molar-refractivity contribution in [1.82, 2.24) is 9.55 Å². The first kappa shape index (κ1) is 11.3. The van der Waals surface area contributed by atoms with E-state index in [1.165, 1.54) is 0 Å². The van der Waals surface area contributed by atoms with Gasteiger partial charge in [-0.15, -0.1) is 0 Å². The number of nitrogens with zero attached hydrogens (tertiary/aromatic N) is 2. The molecular formula is C11H17N3O2. The van der Waals surface area contributed by atoms with E-state index in [4.69, 9.17) is 10.5 Å². The normalized spacial score (nSPS) is 24.9. The standard InChI is InChI=1S/C11H17N3O2/c1-14-6-5-13-10(14)3-2-9(15)11(12)4-7-16-8-11/h5-6H,2-4,7-8,12H2,1H3. The summed E-state index contributed by atoms with van der Waals surface area (Å²) in [6.45, 7) is 0.942. The van der Waals surface area contributed by atoms with Crippen molar-refractivity contribution in [2.75, 3.05) is 13.2 Å². The van der Waals surface area contributed by atoms with Crippen molar-refractivity contribution in [2.45, 2.75) is 24.8 Å². The number of Topliss-reactive ketones (excluding diaryl/α,β-unsaturated/α-hetero) is 1. The lowest BCUT2D eigenvalue weighted by atomic mass is 9.91. The second kappa shape index (κ2) is 4.35. The zero-order valence-corrected chi connectivity index (χ0v) is 9.48. The van der Waals surface area contributed by atoms with Crippen molar-refractivity contribution < 1.29 is 9.53 Å². The molecule has 0 saturated carbocycles. The number of hydrogen-bond acceptors (Lipinski definition) is 4. The summed E-state index contributed by atoms with van der Waals surface area (Å²) < 4.78 is 7.09. The molecule has 1 aromatic rings. The van der Waals surface area contributed by atoms with E-state index in [1.54, 1.807) is 6.20 Å². The van der Waals surface area contributed by atoms with Gasteiger partial charge in [-0.3, -0.25) is 4.79 Å². The summed E-state index contributed by atoms with van der Waals surface area (Å²) in [5.41, 5.74) is 5.22. The van der Waals surface area contributed by atoms with Crippen molar-refractivity contribution >= 4 is 5.78 Å². The highest BCUT2D eigenvalue weighted by Gasteiger charge is 2.37. The van der Waals surface area contributed by atoms with E-state index in [-0.39, 0.29) is 5.78 Å². The number of imidazole rings is 1. The van der Waals surface area contributed by atoms with Crippen LogP contribution in [0.3, 0.4) is 0 Å². The Hall–Kier alpha value is -1.20. The number of carbonyl (C=O) groups excluding carboxylic acids is 1. The van der Waals surface area contributed by atoms with Crippen LogP contribution in [0, 0.1) is 0 Å². The Kier molecular flexibility index (Phi) is 3.07. The molecule has 0 aromatic carbocycles. The van der Waals surface area contributed by atoms with Crippen LogP contribution in [0.25, 0.3) is 0 Å². The second-order valence-corrected chi connectivity index (χ2v) is 4.34. The molecule has 0 bridgehead atoms. The fourth-order valence-corrected chi connectivity index (χ4v) is 1.91. The lowest BCUT2D eigenvalue weighted by Crippen LogP contribution is -2.48. The molecule has 0 amide bonds. The average molecular weight is 223 g/mol. The molecule has 2 rings (SSSR count). The number of hydrogen-bond donors (Lipinski definition) is 1. The number of ether oxygens (including phenoxy) is 1. The zero-order valence-electron chi connectivity index (χ0n) is 9.48. The minimum Gasteiger partial charge on any atom is -0.379 e. The van der Waals surface area contributed by atoms with E-state index in [0.717, 1.165) is 5.82 Å². The number of aryl methyl sites for hydroxylation is 2. The first-order valence-electron chi connectivity index (χ1n) is 5.48. The molecule has 1 aliphatic heterocycles. The van der Waals surface area contributed by atoms with Crippen LogP contribution < -0.4 is 5.73 Å². The number of ketones is 1. The van der Waals surface area contributed by atoms with Gasteiger partial charge < -0.3 is 15.0 Å². The Morgan fingerprint density at radius 1 is 1.75 bits per heavy atom. The van der Waals surface area contributed by atoms with E-state index in [2.05, 4.69) is 4.98 Å². The van der Waals surface area contributed by atoms with Gasteiger partial charge in [0.2, 0.25) is 0 Å². The van der Waals surface area contributed by atoms with Gasteiger partial charge in [0.1, 0.15) is 11.4 Å². The van der Waals surface area contributed by atoms with Crippen molar-refractivity contribution in [3.63, 3.8) is 0 Å². The van der Waals surface area contributed by atoms with Gasteiger partial charge in [0, 0.05) is 38.9 Å². The molecule has 5 heteroatoms. The van der Waals surface area contributed by atoms with Crippen molar-refractivity contribution in [3.05, 3.63) is 18.2 Å². The van der Waals surface area contributed by atoms with E-state index in [0.29, 0.717) is 32.5 Å². The quantitative estimate of drug-likeness (QED) is 0.782. The fraction of sp³-hybridized carbons (Fsp3) is 0.636. The highest BCUT2D eigenvalue weighted by atomic mass is 16.5. The molecule has 16 heavy (non-hydrogen) atoms. The SMILES string of the molecule is Cn1ccnc1CCC(=O)C1(N)CCOC1. The molecule has 0 radical (unpaired) electrons. The van der Waals surface area contributed by atoms with Crippen LogP contribution in [0.4, 0.5) is 0 Å². The Morgan fingerprint density at radius 3 is 3.12 bits per heavy atom. The molecule has 1 atom stereocenters. The summed E-state index contributed by atoms with van der Waals surface area (Å²) >= 11 is 0. The zero-order chi connectivity index (χ0) is 11.6. The number of aromatic nitrogens is 2. The maximum atomic E-state index is 11.9. The predicted octanol–water partition coefficient (Wildman–Crippen LogP) is 0.0396. The highest BCUT2D eigenvalue weighted by Crippen LogP contribution is 2.18. The van der Waals surface area contributed by atoms with E-state index in [1.807, 2.05) is 17.8 Å². The molecule has 1 saturated heterocycles. The minimum absolute atomic E-state index is 0.0769. The highest BCUT2D eigenvalue weighted by molar-refractivity contribution is 5.88. The van der Waals surface area contributed by atoms with Gasteiger partial charge in [-0.2, -0.15) is 0 Å². The van der Waals surface area contributed by atoms with E-state index >= 15 is 0 Å². The summed E-state index contributed by atoms with van der Waals surface area (Å²) in [5.74, 6) is 0.990. The molecular weight excluding hydrogens is 206 g/mol. The van der Waals surface area contributed by atoms with Crippen LogP contribution in [0.15, 0.2) is 12.4 Å². The molecule has 2 heterocycles. The third-order valence-corrected chi connectivity index (χ3v) is 3.10. The third kappa shape index (κ3) is 2.15. The van der Waals surface area contributed by atoms with Crippen molar-refractivity contribution in [1.29, 1.82) is 0 Å². The largest absolute Gasteiger partial charge is 0.379 e. The van der Waals surface area contributed by atoms with Crippen LogP contribution in [0.2, 0.25) is 0 Å². The molecule has 0 spiro atoms. The Labute approximate surface area is 94.6 Å². The second-order valence-electron chi connectivity index (χ2n) is 4.34. The van der Waals surface area contributed by atoms with E-state index < -0.39 is 5.54 Å². The van der Waals surface area contributed by atoms with Gasteiger partial charge >= 0.3 is 0 Å². The molecule has 1 aromatic heterocycles. The predicted molar refractivity (Wildman–Crippen MR) is 58.9 cm³/mol. The van der Waals surface area contributed by atoms with Gasteiger partial charge in [-0.05, 0) is 6.42 Å². The summed E-state index contributed by atoms with van der Waals surface area (Å²) in [6.07, 6.45) is 5.31. The van der Waals surface area contributed by atoms with Crippen LogP contribution in [-0.4, -0.2) is 34.1 Å². The average Bonchev–Trinajstić information content (AvgIpc) is 2.85. The lowest BCUT2D eigenvalue weighted by molar-refractivity contribution is -0.124. The summed E-state index contributed by atoms with van der Waals surface area (Å²) in [4.78, 5) is 16.1. The summed E-state index contributed by atoms with van der Waals surface area (Å²) in [5, 5.41) is 0. The van der Waals surface area contributed by atoms with Gasteiger partial charge in [0.05, 0.1) is 6.61 Å². The van der Waals surface area contributed by atoms with Crippen LogP contribution in [0.5, 0.6) is 0 Å². The molecule has 88 valence electrons. The van der Waals surface area contributed by atoms with Gasteiger partial charge in [0.15, 0.2) is 5.78 Å². The number of rotatable bonds is 4. The molecule has 1 aliphatic rings. The number of nitrogens with two attached hydrogens (primary N) is 1. The fourth-order valence-electron chi connectivity index (χ4n) is 1.91. The molecule has 5 nitrogen and oxygen atoms in total. The maximum Gasteiger partial charge on any atom is 0.155 e. The molecule has 1 fully saturated rings. The molecule has 0 aliphatic carbocycles. The Balaban J connectivity index is 1.91. The summed E-state index contributed by atoms with van der Waals surface area (Å²) in [6, 6.07) is 0. The molecule has 2 N–H and O–H groups in total. The van der Waals surface area contributed by atoms with Gasteiger partial charge in [-0.1, -0.05) is 0 Å². The van der Waals surface area contributed by atoms with Crippen molar-refractivity contribution in [2.24, 2.45) is 12.8 Å². The number of carbonyl (C=O) groups is 1. The van der Waals surface area contributed by atoms with Crippen molar-refractivity contribution in [3.8, 4) is 0 Å². The molecule has 1 unspecified atom stereocenters. The van der Waals surface area contributed by atoms with Crippen LogP contribution in [-0.2, 0) is 23.0 Å². The Bertz CT molecular complexity index is 380.